The third kappa shape index (κ3) is 7.49. The zero-order valence-corrected chi connectivity index (χ0v) is 20.4. The van der Waals surface area contributed by atoms with Crippen LogP contribution in [0.3, 0.4) is 0 Å². The molecular formula is C30H33FN2O3. The smallest absolute Gasteiger partial charge is 0.243 e. The fourth-order valence-corrected chi connectivity index (χ4v) is 4.52. The highest BCUT2D eigenvalue weighted by Gasteiger charge is 2.31. The van der Waals surface area contributed by atoms with Crippen LogP contribution in [0.25, 0.3) is 0 Å². The van der Waals surface area contributed by atoms with E-state index in [0.29, 0.717) is 26.0 Å². The van der Waals surface area contributed by atoms with E-state index in [1.807, 2.05) is 60.7 Å². The van der Waals surface area contributed by atoms with Crippen LogP contribution < -0.4 is 5.32 Å². The van der Waals surface area contributed by atoms with Crippen LogP contribution in [0, 0.1) is 5.82 Å². The van der Waals surface area contributed by atoms with Gasteiger partial charge in [-0.1, -0.05) is 72.8 Å². The van der Waals surface area contributed by atoms with Crippen LogP contribution >= 0.6 is 0 Å². The number of amides is 2. The lowest BCUT2D eigenvalue weighted by atomic mass is 10.0. The van der Waals surface area contributed by atoms with Crippen molar-refractivity contribution in [1.29, 1.82) is 0 Å². The van der Waals surface area contributed by atoms with Gasteiger partial charge < -0.3 is 15.0 Å². The van der Waals surface area contributed by atoms with Crippen LogP contribution in [-0.4, -0.2) is 42.0 Å². The van der Waals surface area contributed by atoms with E-state index in [-0.39, 0.29) is 36.7 Å². The van der Waals surface area contributed by atoms with Gasteiger partial charge in [0.2, 0.25) is 11.8 Å². The summed E-state index contributed by atoms with van der Waals surface area (Å²) in [5, 5.41) is 3.03. The van der Waals surface area contributed by atoms with E-state index < -0.39 is 6.04 Å². The maximum absolute atomic E-state index is 13.6. The molecule has 4 rings (SSSR count). The fourth-order valence-electron chi connectivity index (χ4n) is 4.52. The van der Waals surface area contributed by atoms with Gasteiger partial charge in [-0.3, -0.25) is 9.59 Å². The zero-order valence-electron chi connectivity index (χ0n) is 20.4. The first-order chi connectivity index (χ1) is 17.6. The second kappa shape index (κ2) is 13.0. The van der Waals surface area contributed by atoms with E-state index in [2.05, 4.69) is 5.32 Å². The Morgan fingerprint density at radius 1 is 0.917 bits per heavy atom. The lowest BCUT2D eigenvalue weighted by Gasteiger charge is -2.32. The van der Waals surface area contributed by atoms with Gasteiger partial charge in [-0.05, 0) is 48.1 Å². The third-order valence-electron chi connectivity index (χ3n) is 6.54. The van der Waals surface area contributed by atoms with Crippen LogP contribution in [0.15, 0.2) is 84.9 Å². The number of halogens is 1. The molecule has 1 heterocycles. The quantitative estimate of drug-likeness (QED) is 0.426. The minimum Gasteiger partial charge on any atom is -0.376 e. The summed E-state index contributed by atoms with van der Waals surface area (Å²) in [4.78, 5) is 28.8. The van der Waals surface area contributed by atoms with E-state index in [1.54, 1.807) is 17.0 Å². The van der Waals surface area contributed by atoms with E-state index in [1.165, 1.54) is 12.1 Å². The predicted octanol–water partition coefficient (Wildman–Crippen LogP) is 4.69. The fraction of sp³-hybridized carbons (Fsp3) is 0.333. The molecule has 0 saturated carbocycles. The molecule has 1 fully saturated rings. The van der Waals surface area contributed by atoms with Crippen molar-refractivity contribution in [2.24, 2.45) is 0 Å². The van der Waals surface area contributed by atoms with Crippen molar-refractivity contribution >= 4 is 11.8 Å². The van der Waals surface area contributed by atoms with Crippen LogP contribution in [0.2, 0.25) is 0 Å². The van der Waals surface area contributed by atoms with Gasteiger partial charge in [0, 0.05) is 32.5 Å². The summed E-state index contributed by atoms with van der Waals surface area (Å²) in [5.74, 6) is -0.656. The molecule has 0 bridgehead atoms. The molecule has 3 aromatic carbocycles. The Labute approximate surface area is 212 Å². The highest BCUT2D eigenvalue weighted by atomic mass is 19.1. The molecule has 6 heteroatoms. The van der Waals surface area contributed by atoms with E-state index in [4.69, 9.17) is 4.74 Å². The normalized spacial score (nSPS) is 15.9. The summed E-state index contributed by atoms with van der Waals surface area (Å²) in [7, 11) is 0. The Morgan fingerprint density at radius 3 is 2.22 bits per heavy atom. The van der Waals surface area contributed by atoms with Gasteiger partial charge in [0.15, 0.2) is 0 Å². The molecule has 0 aliphatic carbocycles. The first-order valence-corrected chi connectivity index (χ1v) is 12.6. The Hall–Kier alpha value is -3.51. The first-order valence-electron chi connectivity index (χ1n) is 12.6. The second-order valence-corrected chi connectivity index (χ2v) is 9.22. The number of hydrogen-bond donors (Lipinski definition) is 1. The van der Waals surface area contributed by atoms with Gasteiger partial charge in [0.1, 0.15) is 11.9 Å². The summed E-state index contributed by atoms with van der Waals surface area (Å²) in [6, 6.07) is 24.9. The van der Waals surface area contributed by atoms with E-state index >= 15 is 0 Å². The monoisotopic (exact) mass is 488 g/mol. The standard InChI is InChI=1S/C30H33FN2O3/c31-26-16-13-25(14-17-26)22-33(29(34)18-15-23-8-3-1-4-9-23)28(20-24-10-5-2-6-11-24)30(35)32-21-27-12-7-19-36-27/h1-6,8-11,13-14,16-17,27-28H,7,12,15,18-22H2,(H,32,35). The van der Waals surface area contributed by atoms with Crippen molar-refractivity contribution in [3.05, 3.63) is 107 Å². The van der Waals surface area contributed by atoms with Crippen molar-refractivity contribution in [3.63, 3.8) is 0 Å². The van der Waals surface area contributed by atoms with Crippen LogP contribution in [-0.2, 0) is 33.7 Å². The molecule has 0 radical (unpaired) electrons. The van der Waals surface area contributed by atoms with Crippen LogP contribution in [0.4, 0.5) is 4.39 Å². The SMILES string of the molecule is O=C(NCC1CCCO1)C(Cc1ccccc1)N(Cc1ccc(F)cc1)C(=O)CCc1ccccc1. The molecule has 1 N–H and O–H groups in total. The molecule has 2 atom stereocenters. The minimum atomic E-state index is -0.706. The molecule has 3 aromatic rings. The molecule has 188 valence electrons. The lowest BCUT2D eigenvalue weighted by molar-refractivity contribution is -0.141. The van der Waals surface area contributed by atoms with Crippen LogP contribution in [0.1, 0.15) is 36.0 Å². The van der Waals surface area contributed by atoms with Gasteiger partial charge in [-0.25, -0.2) is 4.39 Å². The highest BCUT2D eigenvalue weighted by molar-refractivity contribution is 5.88. The highest BCUT2D eigenvalue weighted by Crippen LogP contribution is 2.18. The lowest BCUT2D eigenvalue weighted by Crippen LogP contribution is -2.51. The number of carbonyl (C=O) groups excluding carboxylic acids is 2. The summed E-state index contributed by atoms with van der Waals surface area (Å²) >= 11 is 0. The molecule has 1 aliphatic rings. The maximum atomic E-state index is 13.6. The third-order valence-corrected chi connectivity index (χ3v) is 6.54. The van der Waals surface area contributed by atoms with Crippen molar-refractivity contribution in [3.8, 4) is 0 Å². The Morgan fingerprint density at radius 2 is 1.58 bits per heavy atom. The first kappa shape index (κ1) is 25.6. The molecule has 0 aromatic heterocycles. The molecule has 1 saturated heterocycles. The molecule has 1 aliphatic heterocycles. The number of aryl methyl sites for hydroxylation is 1. The van der Waals surface area contributed by atoms with Crippen molar-refractivity contribution in [2.75, 3.05) is 13.2 Å². The zero-order chi connectivity index (χ0) is 25.2. The average Bonchev–Trinajstić information content (AvgIpc) is 3.44. The van der Waals surface area contributed by atoms with Crippen molar-refractivity contribution in [2.45, 2.75) is 50.8 Å². The van der Waals surface area contributed by atoms with E-state index in [0.717, 1.165) is 29.5 Å². The Bertz CT molecular complexity index is 1100. The van der Waals surface area contributed by atoms with Crippen molar-refractivity contribution < 1.29 is 18.7 Å². The molecule has 5 nitrogen and oxygen atoms in total. The number of hydrogen-bond acceptors (Lipinski definition) is 3. The van der Waals surface area contributed by atoms with Crippen LogP contribution in [0.5, 0.6) is 0 Å². The maximum Gasteiger partial charge on any atom is 0.243 e. The summed E-state index contributed by atoms with van der Waals surface area (Å²) in [6.07, 6.45) is 3.15. The molecule has 36 heavy (non-hydrogen) atoms. The number of ether oxygens (including phenoxy) is 1. The van der Waals surface area contributed by atoms with Gasteiger partial charge in [-0.2, -0.15) is 0 Å². The largest absolute Gasteiger partial charge is 0.376 e. The summed E-state index contributed by atoms with van der Waals surface area (Å²) in [5.41, 5.74) is 2.80. The minimum absolute atomic E-state index is 0.00524. The van der Waals surface area contributed by atoms with Crippen molar-refractivity contribution in [1.82, 2.24) is 10.2 Å². The number of nitrogens with one attached hydrogen (secondary N) is 1. The van der Waals surface area contributed by atoms with Gasteiger partial charge in [0.05, 0.1) is 6.10 Å². The number of nitrogens with zero attached hydrogens (tertiary/aromatic N) is 1. The number of rotatable bonds is 11. The second-order valence-electron chi connectivity index (χ2n) is 9.22. The number of benzene rings is 3. The summed E-state index contributed by atoms with van der Waals surface area (Å²) < 4.78 is 19.2. The molecule has 2 unspecified atom stereocenters. The molecule has 2 amide bonds. The number of carbonyl (C=O) groups is 2. The predicted molar refractivity (Wildman–Crippen MR) is 138 cm³/mol. The summed E-state index contributed by atoms with van der Waals surface area (Å²) in [6.45, 7) is 1.36. The Balaban J connectivity index is 1.57. The molecule has 0 spiro atoms. The van der Waals surface area contributed by atoms with Gasteiger partial charge in [0.25, 0.3) is 0 Å². The van der Waals surface area contributed by atoms with Gasteiger partial charge >= 0.3 is 0 Å². The Kier molecular flexibility index (Phi) is 9.22. The molecular weight excluding hydrogens is 455 g/mol. The average molecular weight is 489 g/mol. The van der Waals surface area contributed by atoms with E-state index in [9.17, 15) is 14.0 Å². The van der Waals surface area contributed by atoms with Gasteiger partial charge in [-0.15, -0.1) is 0 Å². The topological polar surface area (TPSA) is 58.6 Å².